The van der Waals surface area contributed by atoms with Gasteiger partial charge in [-0.05, 0) is 18.9 Å². The van der Waals surface area contributed by atoms with Crippen LogP contribution in [0.15, 0.2) is 23.3 Å². The highest BCUT2D eigenvalue weighted by molar-refractivity contribution is 5.91. The first kappa shape index (κ1) is 11.2. The summed E-state index contributed by atoms with van der Waals surface area (Å²) in [7, 11) is 0. The van der Waals surface area contributed by atoms with E-state index in [0.29, 0.717) is 0 Å². The zero-order valence-electron chi connectivity index (χ0n) is 7.38. The first-order valence-electron chi connectivity index (χ1n) is 3.74. The number of hydrogen-bond donors (Lipinski definition) is 1. The summed E-state index contributed by atoms with van der Waals surface area (Å²) in [5.74, 6) is 0. The van der Waals surface area contributed by atoms with Crippen LogP contribution in [-0.4, -0.2) is 17.7 Å². The van der Waals surface area contributed by atoms with Crippen molar-refractivity contribution in [2.45, 2.75) is 6.18 Å². The van der Waals surface area contributed by atoms with Crippen LogP contribution in [0.4, 0.5) is 23.7 Å². The summed E-state index contributed by atoms with van der Waals surface area (Å²) in [6.07, 6.45) is -3.59. The molecule has 1 N–H and O–H groups in total. The number of carbonyl (C=O) groups is 1. The number of rotatable bonds is 1. The SMILES string of the molecule is C=NC(=O)Nc1ccc(C(F)(F)F)nc1. The van der Waals surface area contributed by atoms with Gasteiger partial charge in [0.25, 0.3) is 0 Å². The van der Waals surface area contributed by atoms with E-state index in [4.69, 9.17) is 0 Å². The number of halogens is 3. The summed E-state index contributed by atoms with van der Waals surface area (Å²) >= 11 is 0. The Hall–Kier alpha value is -1.92. The number of pyridine rings is 1. The molecule has 0 aliphatic carbocycles. The molecule has 0 aromatic carbocycles. The van der Waals surface area contributed by atoms with Crippen LogP contribution in [-0.2, 0) is 6.18 Å². The number of alkyl halides is 3. The molecule has 7 heteroatoms. The van der Waals surface area contributed by atoms with Crippen molar-refractivity contribution in [2.75, 3.05) is 5.32 Å². The topological polar surface area (TPSA) is 54.4 Å². The summed E-state index contributed by atoms with van der Waals surface area (Å²) in [4.78, 5) is 16.8. The Kier molecular flexibility index (Phi) is 3.03. The molecule has 0 atom stereocenters. The van der Waals surface area contributed by atoms with E-state index in [1.807, 2.05) is 0 Å². The smallest absolute Gasteiger partial charge is 0.305 e. The lowest BCUT2D eigenvalue weighted by atomic mass is 10.3. The van der Waals surface area contributed by atoms with Crippen LogP contribution in [0.5, 0.6) is 0 Å². The fourth-order valence-corrected chi connectivity index (χ4v) is 0.798. The number of hydrogen-bond acceptors (Lipinski definition) is 2. The van der Waals surface area contributed by atoms with Gasteiger partial charge in [0.05, 0.1) is 11.9 Å². The third kappa shape index (κ3) is 3.04. The number of amides is 2. The third-order valence-corrected chi connectivity index (χ3v) is 1.45. The summed E-state index contributed by atoms with van der Waals surface area (Å²) in [6.45, 7) is 2.95. The van der Waals surface area contributed by atoms with E-state index in [1.54, 1.807) is 0 Å². The summed E-state index contributed by atoms with van der Waals surface area (Å²) < 4.78 is 36.2. The second-order valence-corrected chi connectivity index (χ2v) is 2.52. The van der Waals surface area contributed by atoms with Crippen molar-refractivity contribution in [3.05, 3.63) is 24.0 Å². The van der Waals surface area contributed by atoms with E-state index in [1.165, 1.54) is 0 Å². The molecule has 1 aromatic heterocycles. The van der Waals surface area contributed by atoms with E-state index in [0.717, 1.165) is 18.3 Å². The van der Waals surface area contributed by atoms with Gasteiger partial charge in [-0.15, -0.1) is 0 Å². The molecule has 1 aromatic rings. The van der Waals surface area contributed by atoms with Crippen LogP contribution in [0.1, 0.15) is 5.69 Å². The fourth-order valence-electron chi connectivity index (χ4n) is 0.798. The highest BCUT2D eigenvalue weighted by atomic mass is 19.4. The Balaban J connectivity index is 2.81. The second-order valence-electron chi connectivity index (χ2n) is 2.52. The molecule has 0 radical (unpaired) electrons. The fraction of sp³-hybridized carbons (Fsp3) is 0.125. The number of aliphatic imine (C=N–C) groups is 1. The van der Waals surface area contributed by atoms with Crippen LogP contribution in [0, 0.1) is 0 Å². The largest absolute Gasteiger partial charge is 0.433 e. The number of anilines is 1. The normalized spacial score (nSPS) is 10.9. The van der Waals surface area contributed by atoms with Gasteiger partial charge in [-0.3, -0.25) is 0 Å². The van der Waals surface area contributed by atoms with E-state index in [9.17, 15) is 18.0 Å². The number of carbonyl (C=O) groups excluding carboxylic acids is 1. The molecule has 1 rings (SSSR count). The van der Waals surface area contributed by atoms with Gasteiger partial charge in [0.1, 0.15) is 5.69 Å². The van der Waals surface area contributed by atoms with Gasteiger partial charge >= 0.3 is 12.2 Å². The standard InChI is InChI=1S/C8H6F3N3O/c1-12-7(15)14-5-2-3-6(13-4-5)8(9,10)11/h2-4H,1H2,(H,14,15). The number of nitrogens with one attached hydrogen (secondary N) is 1. The molecule has 15 heavy (non-hydrogen) atoms. The molecule has 0 aliphatic heterocycles. The van der Waals surface area contributed by atoms with Gasteiger partial charge in [0.15, 0.2) is 0 Å². The average molecular weight is 217 g/mol. The van der Waals surface area contributed by atoms with Crippen molar-refractivity contribution in [2.24, 2.45) is 4.99 Å². The molecule has 0 bridgehead atoms. The highest BCUT2D eigenvalue weighted by Crippen LogP contribution is 2.27. The van der Waals surface area contributed by atoms with Crippen LogP contribution in [0.25, 0.3) is 0 Å². The molecule has 0 spiro atoms. The third-order valence-electron chi connectivity index (χ3n) is 1.45. The lowest BCUT2D eigenvalue weighted by Gasteiger charge is -2.06. The summed E-state index contributed by atoms with van der Waals surface area (Å²) in [6, 6.07) is 1.09. The van der Waals surface area contributed by atoms with Crippen molar-refractivity contribution >= 4 is 18.4 Å². The molecular weight excluding hydrogens is 211 g/mol. The lowest BCUT2D eigenvalue weighted by molar-refractivity contribution is -0.141. The van der Waals surface area contributed by atoms with E-state index >= 15 is 0 Å². The molecular formula is C8H6F3N3O. The Labute approximate surface area is 82.8 Å². The van der Waals surface area contributed by atoms with Gasteiger partial charge in [-0.1, -0.05) is 0 Å². The molecule has 0 saturated heterocycles. The summed E-state index contributed by atoms with van der Waals surface area (Å²) in [5, 5.41) is 2.17. The number of nitrogens with zero attached hydrogens (tertiary/aromatic N) is 2. The van der Waals surface area contributed by atoms with Gasteiger partial charge < -0.3 is 5.32 Å². The van der Waals surface area contributed by atoms with E-state index < -0.39 is 17.9 Å². The lowest BCUT2D eigenvalue weighted by Crippen LogP contribution is -2.09. The predicted octanol–water partition coefficient (Wildman–Crippen LogP) is 2.33. The van der Waals surface area contributed by atoms with Crippen molar-refractivity contribution in [1.29, 1.82) is 0 Å². The molecule has 0 aliphatic rings. The Morgan fingerprint density at radius 1 is 1.47 bits per heavy atom. The van der Waals surface area contributed by atoms with Crippen molar-refractivity contribution < 1.29 is 18.0 Å². The van der Waals surface area contributed by atoms with Crippen LogP contribution in [0.2, 0.25) is 0 Å². The van der Waals surface area contributed by atoms with Crippen molar-refractivity contribution in [3.8, 4) is 0 Å². The second kappa shape index (κ2) is 4.07. The van der Waals surface area contributed by atoms with Crippen LogP contribution >= 0.6 is 0 Å². The molecule has 80 valence electrons. The molecule has 0 unspecified atom stereocenters. The Morgan fingerprint density at radius 2 is 2.13 bits per heavy atom. The predicted molar refractivity (Wildman–Crippen MR) is 47.8 cm³/mol. The molecule has 0 fully saturated rings. The van der Waals surface area contributed by atoms with Gasteiger partial charge in [-0.25, -0.2) is 14.8 Å². The van der Waals surface area contributed by atoms with E-state index in [2.05, 4.69) is 22.0 Å². The van der Waals surface area contributed by atoms with Crippen molar-refractivity contribution in [1.82, 2.24) is 4.98 Å². The zero-order chi connectivity index (χ0) is 11.5. The van der Waals surface area contributed by atoms with Gasteiger partial charge in [0, 0.05) is 0 Å². The summed E-state index contributed by atoms with van der Waals surface area (Å²) in [5.41, 5.74) is -0.896. The maximum Gasteiger partial charge on any atom is 0.433 e. The molecule has 4 nitrogen and oxygen atoms in total. The minimum atomic E-state index is -4.49. The van der Waals surface area contributed by atoms with Gasteiger partial charge in [0.2, 0.25) is 0 Å². The highest BCUT2D eigenvalue weighted by Gasteiger charge is 2.31. The molecule has 1 heterocycles. The average Bonchev–Trinajstić information content (AvgIpc) is 2.17. The van der Waals surface area contributed by atoms with Crippen LogP contribution < -0.4 is 5.32 Å². The first-order valence-corrected chi connectivity index (χ1v) is 3.74. The zero-order valence-corrected chi connectivity index (χ0v) is 7.38. The minimum absolute atomic E-state index is 0.125. The minimum Gasteiger partial charge on any atom is -0.305 e. The number of urea groups is 1. The van der Waals surface area contributed by atoms with Crippen molar-refractivity contribution in [3.63, 3.8) is 0 Å². The first-order chi connectivity index (χ1) is 6.93. The monoisotopic (exact) mass is 217 g/mol. The molecule has 2 amide bonds. The molecule has 0 saturated carbocycles. The Morgan fingerprint density at radius 3 is 2.53 bits per heavy atom. The van der Waals surface area contributed by atoms with E-state index in [-0.39, 0.29) is 5.69 Å². The quantitative estimate of drug-likeness (QED) is 0.734. The number of aromatic nitrogens is 1. The maximum absolute atomic E-state index is 12.1. The maximum atomic E-state index is 12.1. The Bertz CT molecular complexity index is 372. The van der Waals surface area contributed by atoms with Crippen LogP contribution in [0.3, 0.4) is 0 Å². The van der Waals surface area contributed by atoms with Gasteiger partial charge in [-0.2, -0.15) is 13.2 Å².